The Hall–Kier alpha value is -7.86. The summed E-state index contributed by atoms with van der Waals surface area (Å²) < 4.78 is 125. The van der Waals surface area contributed by atoms with Crippen LogP contribution in [0.1, 0.15) is 31.8 Å². The Bertz CT molecular complexity index is 3100. The van der Waals surface area contributed by atoms with Crippen molar-refractivity contribution in [1.29, 1.82) is 0 Å². The fraction of sp³-hybridized carbons (Fsp3) is 0.0968. The van der Waals surface area contributed by atoms with Gasteiger partial charge in [-0.15, -0.1) is 0 Å². The van der Waals surface area contributed by atoms with Crippen LogP contribution < -0.4 is 46.0 Å². The van der Waals surface area contributed by atoms with E-state index in [4.69, 9.17) is 23.0 Å². The molecule has 0 aliphatic rings. The topological polar surface area (TPSA) is 80.3 Å². The Morgan fingerprint density at radius 1 is 0.385 bits per heavy atom. The van der Waals surface area contributed by atoms with Crippen LogP contribution in [-0.4, -0.2) is 45.4 Å². The number of ether oxygens (including phenoxy) is 2. The summed E-state index contributed by atoms with van der Waals surface area (Å²) in [4.78, 5) is 31.8. The van der Waals surface area contributed by atoms with Crippen LogP contribution in [0, 0.1) is 0 Å². The number of hydrogen-bond donors (Lipinski definition) is 0. The molecule has 0 aliphatic carbocycles. The Morgan fingerprint density at radius 3 is 0.897 bits per heavy atom. The number of methoxy groups -OCH3 is 2. The third kappa shape index (κ3) is 10.1. The zero-order valence-electron chi connectivity index (χ0n) is 42.2. The number of alkyl halides is 6. The van der Waals surface area contributed by atoms with E-state index >= 15 is 35.9 Å². The molecule has 0 amide bonds. The number of rotatable bonds is 20. The molecule has 0 spiro atoms. The second kappa shape index (κ2) is 22.2. The molecule has 78 heavy (non-hydrogen) atoms. The maximum atomic E-state index is 15.9. The van der Waals surface area contributed by atoms with Crippen molar-refractivity contribution in [2.75, 3.05) is 26.5 Å². The molecule has 0 bridgehead atoms. The van der Waals surface area contributed by atoms with Crippen LogP contribution in [0.15, 0.2) is 249 Å². The van der Waals surface area contributed by atoms with Crippen molar-refractivity contribution >= 4 is 64.4 Å². The van der Waals surface area contributed by atoms with Gasteiger partial charge in [0.2, 0.25) is 0 Å². The second-order valence-electron chi connectivity index (χ2n) is 18.4. The average Bonchev–Trinajstić information content (AvgIpc) is 3.19. The number of para-hydroxylation sites is 2. The van der Waals surface area contributed by atoms with Crippen LogP contribution in [-0.2, 0) is 21.2 Å². The van der Waals surface area contributed by atoms with Gasteiger partial charge >= 0.3 is 450 Å². The molecule has 0 atom stereocenters. The number of hydrogen-bond acceptors (Lipinski definition) is 7. The Morgan fingerprint density at radius 2 is 0.641 bits per heavy atom. The van der Waals surface area contributed by atoms with Crippen LogP contribution >= 0.6 is 13.7 Å². The van der Waals surface area contributed by atoms with E-state index < -0.39 is 74.1 Å². The molecule has 396 valence electrons. The molecule has 0 saturated carbocycles. The third-order valence-corrected chi connectivity index (χ3v) is 25.3. The third-order valence-electron chi connectivity index (χ3n) is 14.0. The van der Waals surface area contributed by atoms with Gasteiger partial charge < -0.3 is 0 Å². The molecule has 16 heteroatoms. The zero-order chi connectivity index (χ0) is 55.1. The number of carbonyl (C=O) groups is 2. The summed E-state index contributed by atoms with van der Waals surface area (Å²) in [5.74, 6) is -1.55. The van der Waals surface area contributed by atoms with Crippen molar-refractivity contribution in [3.63, 3.8) is 0 Å². The monoisotopic (exact) mass is 1090 g/mol. The molecule has 9 rings (SSSR count). The van der Waals surface area contributed by atoms with Gasteiger partial charge in [-0.1, -0.05) is 0 Å². The molecule has 9 aromatic carbocycles. The van der Waals surface area contributed by atoms with E-state index in [2.05, 4.69) is 0 Å². The van der Waals surface area contributed by atoms with Gasteiger partial charge in [0.1, 0.15) is 0 Å². The van der Waals surface area contributed by atoms with E-state index in [9.17, 15) is 0 Å². The predicted molar refractivity (Wildman–Crippen MR) is 300 cm³/mol. The summed E-state index contributed by atoms with van der Waals surface area (Å²) in [6, 6.07) is 66.6. The average molecular weight is 1090 g/mol. The number of ketones is 2. The van der Waals surface area contributed by atoms with Gasteiger partial charge in [-0.3, -0.25) is 0 Å². The Labute approximate surface area is 448 Å². The summed E-state index contributed by atoms with van der Waals surface area (Å²) in [6.45, 7) is -10.8. The van der Waals surface area contributed by atoms with Crippen molar-refractivity contribution in [3.8, 4) is 17.2 Å². The van der Waals surface area contributed by atoms with Crippen LogP contribution in [0.4, 0.5) is 26.3 Å². The minimum absolute atomic E-state index is 0.00273. The molecule has 7 nitrogen and oxygen atoms in total. The maximum absolute atomic E-state index is 15.9. The molecular weight excluding hydrogens is 1040 g/mol. The first kappa shape index (κ1) is 54.9. The molecular formula is C62H51BF6O7P2. The molecule has 0 heterocycles. The molecule has 0 unspecified atom stereocenters. The number of carbonyl (C=O) groups excluding carboxylic acids is 2. The van der Waals surface area contributed by atoms with Crippen LogP contribution in [0.5, 0.6) is 17.2 Å². The summed E-state index contributed by atoms with van der Waals surface area (Å²) in [5, 5.41) is 2.37. The van der Waals surface area contributed by atoms with Gasteiger partial charge in [-0.25, -0.2) is 0 Å². The van der Waals surface area contributed by atoms with E-state index in [1.807, 2.05) is 0 Å². The second-order valence-corrected chi connectivity index (χ2v) is 27.4. The van der Waals surface area contributed by atoms with Crippen molar-refractivity contribution < 1.29 is 58.9 Å². The standard InChI is InChI=1S/C62H51BF6O7P2/c1-72-59-39-23-21-37-55(59)57(70)44-77(49-25-9-3-10-26-49,50-27-11-4-12-28-50,51-29-13-5-14-30-51)75-63(74-48-42-46(61(64,65)66)41-47(43-48)62(67,68)69)76-78(52-31-15-6-16-32-52,53-33-17-7-18-34-53,54-35-19-8-20-36-54)45-58(71)56-38-22-24-40-60(56)73-2/h3-43H,44-45H2,1-2H3. The van der Waals surface area contributed by atoms with Gasteiger partial charge in [-0.05, 0) is 0 Å². The first-order valence-electron chi connectivity index (χ1n) is 24.6. The fourth-order valence-electron chi connectivity index (χ4n) is 10.4. The summed E-state index contributed by atoms with van der Waals surface area (Å²) in [6.07, 6.45) is -11.7. The predicted octanol–water partition coefficient (Wildman–Crippen LogP) is 12.8. The van der Waals surface area contributed by atoms with Gasteiger partial charge in [0.05, 0.1) is 0 Å². The summed E-state index contributed by atoms with van der Waals surface area (Å²) in [5.41, 5.74) is -3.07. The summed E-state index contributed by atoms with van der Waals surface area (Å²) >= 11 is 0. The van der Waals surface area contributed by atoms with E-state index in [-0.39, 0.29) is 28.7 Å². The number of halogens is 6. The fourth-order valence-corrected chi connectivity index (χ4v) is 21.4. The van der Waals surface area contributed by atoms with E-state index in [1.54, 1.807) is 231 Å². The van der Waals surface area contributed by atoms with Crippen molar-refractivity contribution in [2.45, 2.75) is 12.4 Å². The normalized spacial score (nSPS) is 13.0. The number of benzene rings is 9. The van der Waals surface area contributed by atoms with Crippen molar-refractivity contribution in [3.05, 3.63) is 271 Å². The van der Waals surface area contributed by atoms with Gasteiger partial charge in [0.25, 0.3) is 0 Å². The molecule has 0 radical (unpaired) electrons. The first-order chi connectivity index (χ1) is 37.5. The Balaban J connectivity index is 1.48. The quantitative estimate of drug-likeness (QED) is 0.0325. The molecule has 0 N–H and O–H groups in total. The SMILES string of the molecule is COc1ccccc1C(=O)CP(OB(Oc1cc(C(F)(F)F)cc(C(F)(F)F)c1)OP(CC(=O)c1ccccc1OC)(c1ccccc1)(c1ccccc1)c1ccccc1)(c1ccccc1)(c1ccccc1)c1ccccc1. The molecule has 0 aromatic heterocycles. The van der Waals surface area contributed by atoms with E-state index in [1.165, 1.54) is 14.2 Å². The van der Waals surface area contributed by atoms with Crippen LogP contribution in [0.25, 0.3) is 0 Å². The number of Topliss-reactive ketones (excluding diaryl/α,β-unsaturated/α-hetero) is 2. The minimum atomic E-state index is -5.38. The zero-order valence-corrected chi connectivity index (χ0v) is 44.0. The molecule has 0 aliphatic heterocycles. The molecule has 9 aromatic rings. The van der Waals surface area contributed by atoms with Crippen LogP contribution in [0.3, 0.4) is 0 Å². The van der Waals surface area contributed by atoms with Crippen molar-refractivity contribution in [2.24, 2.45) is 0 Å². The Kier molecular flexibility index (Phi) is 15.7. The van der Waals surface area contributed by atoms with Gasteiger partial charge in [0.15, 0.2) is 0 Å². The van der Waals surface area contributed by atoms with Gasteiger partial charge in [0, 0.05) is 0 Å². The summed E-state index contributed by atoms with van der Waals surface area (Å²) in [7, 11) is 0.409. The van der Waals surface area contributed by atoms with Gasteiger partial charge in [-0.2, -0.15) is 0 Å². The molecule has 0 saturated heterocycles. The van der Waals surface area contributed by atoms with E-state index in [0.29, 0.717) is 44.0 Å². The van der Waals surface area contributed by atoms with Crippen LogP contribution in [0.2, 0.25) is 0 Å². The van der Waals surface area contributed by atoms with E-state index in [0.717, 1.165) is 0 Å². The first-order valence-corrected chi connectivity index (χ1v) is 29.3. The molecule has 0 fully saturated rings. The van der Waals surface area contributed by atoms with Crippen molar-refractivity contribution in [1.82, 2.24) is 0 Å².